The Labute approximate surface area is 407 Å². The third-order valence-corrected chi connectivity index (χ3v) is 14.8. The summed E-state index contributed by atoms with van der Waals surface area (Å²) in [4.78, 5) is 2.42. The van der Waals surface area contributed by atoms with E-state index >= 15 is 0 Å². The summed E-state index contributed by atoms with van der Waals surface area (Å²) in [5, 5.41) is 5.03. The molecule has 2 heterocycles. The lowest BCUT2D eigenvalue weighted by Gasteiger charge is -2.35. The first-order valence-electron chi connectivity index (χ1n) is 24.2. The molecule has 0 aliphatic heterocycles. The molecule has 0 bridgehead atoms. The molecule has 0 amide bonds. The van der Waals surface area contributed by atoms with Crippen LogP contribution in [0.25, 0.3) is 77.2 Å². The summed E-state index contributed by atoms with van der Waals surface area (Å²) in [6, 6.07) is 100. The maximum atomic E-state index is 2.43. The molecule has 3 nitrogen and oxygen atoms in total. The zero-order valence-corrected chi connectivity index (χ0v) is 38.3. The summed E-state index contributed by atoms with van der Waals surface area (Å²) < 4.78 is 4.78. The van der Waals surface area contributed by atoms with Gasteiger partial charge in [0, 0.05) is 50.0 Å². The minimum absolute atomic E-state index is 0.526. The van der Waals surface area contributed by atoms with E-state index in [0.29, 0.717) is 0 Å². The number of fused-ring (bicyclic) bond motifs is 9. The topological polar surface area (TPSA) is 13.1 Å². The van der Waals surface area contributed by atoms with E-state index in [4.69, 9.17) is 0 Å². The number of nitrogens with zero attached hydrogens (tertiary/aromatic N) is 3. The number of rotatable bonds is 8. The van der Waals surface area contributed by atoms with Gasteiger partial charge in [0.1, 0.15) is 0 Å². The van der Waals surface area contributed by atoms with Crippen LogP contribution in [0.3, 0.4) is 0 Å². The molecule has 1 aliphatic rings. The molecule has 70 heavy (non-hydrogen) atoms. The van der Waals surface area contributed by atoms with Crippen molar-refractivity contribution in [3.63, 3.8) is 0 Å². The van der Waals surface area contributed by atoms with Crippen molar-refractivity contribution in [3.05, 3.63) is 295 Å². The number of anilines is 3. The highest BCUT2D eigenvalue weighted by Gasteiger charge is 2.46. The summed E-state index contributed by atoms with van der Waals surface area (Å²) in [5.41, 5.74) is 19.7. The second-order valence-corrected chi connectivity index (χ2v) is 18.4. The monoisotopic (exact) mass is 891 g/mol. The highest BCUT2D eigenvalue weighted by molar-refractivity contribution is 6.10. The molecule has 0 atom stereocenters. The number of aromatic nitrogens is 2. The summed E-state index contributed by atoms with van der Waals surface area (Å²) >= 11 is 0. The average molecular weight is 892 g/mol. The number of para-hydroxylation sites is 4. The van der Waals surface area contributed by atoms with Crippen LogP contribution in [0.5, 0.6) is 0 Å². The van der Waals surface area contributed by atoms with E-state index < -0.39 is 5.41 Å². The molecule has 0 N–H and O–H groups in total. The minimum atomic E-state index is -0.526. The van der Waals surface area contributed by atoms with Gasteiger partial charge in [-0.1, -0.05) is 188 Å². The van der Waals surface area contributed by atoms with E-state index in [-0.39, 0.29) is 0 Å². The standard InChI is InChI=1S/C67H45N3/c1-2-19-48(20-3-1)67(61-30-10-4-24-55(61)56-25-5-11-31-62(56)67)49-21-17-23-54(45-49)68(51-40-42-52(43-41-51)69-63-32-12-6-26-57(63)58-27-7-13-33-64(58)69)50-38-36-46(37-39-50)47-18-16-22-53(44-47)70-65-34-14-8-28-59(65)60-29-9-15-35-66(60)70/h1-45H. The summed E-state index contributed by atoms with van der Waals surface area (Å²) in [7, 11) is 0. The van der Waals surface area contributed by atoms with Crippen molar-refractivity contribution in [2.45, 2.75) is 5.41 Å². The first kappa shape index (κ1) is 39.9. The van der Waals surface area contributed by atoms with Crippen molar-refractivity contribution in [2.24, 2.45) is 0 Å². The van der Waals surface area contributed by atoms with Crippen LogP contribution in [0.1, 0.15) is 22.3 Å². The second kappa shape index (κ2) is 16.0. The fourth-order valence-electron chi connectivity index (χ4n) is 11.8. The van der Waals surface area contributed by atoms with Gasteiger partial charge in [-0.15, -0.1) is 0 Å². The zero-order valence-electron chi connectivity index (χ0n) is 38.3. The number of hydrogen-bond acceptors (Lipinski definition) is 1. The van der Waals surface area contributed by atoms with Crippen molar-refractivity contribution in [1.82, 2.24) is 9.13 Å². The maximum absolute atomic E-state index is 2.43. The Hall–Kier alpha value is -9.18. The van der Waals surface area contributed by atoms with Crippen molar-refractivity contribution in [3.8, 4) is 33.6 Å². The van der Waals surface area contributed by atoms with Crippen LogP contribution in [0.2, 0.25) is 0 Å². The molecule has 0 fully saturated rings. The van der Waals surface area contributed by atoms with Gasteiger partial charge in [0.2, 0.25) is 0 Å². The molecule has 0 unspecified atom stereocenters. The fraction of sp³-hybridized carbons (Fsp3) is 0.0149. The van der Waals surface area contributed by atoms with Gasteiger partial charge in [-0.2, -0.15) is 0 Å². The average Bonchev–Trinajstić information content (AvgIpc) is 4.06. The Balaban J connectivity index is 0.925. The van der Waals surface area contributed by atoms with Gasteiger partial charge in [-0.3, -0.25) is 0 Å². The Bertz CT molecular complexity index is 3970. The highest BCUT2D eigenvalue weighted by Crippen LogP contribution is 2.56. The lowest BCUT2D eigenvalue weighted by Crippen LogP contribution is -2.28. The van der Waals surface area contributed by atoms with Crippen LogP contribution in [0, 0.1) is 0 Å². The van der Waals surface area contributed by atoms with Crippen molar-refractivity contribution >= 4 is 60.7 Å². The molecular weight excluding hydrogens is 847 g/mol. The van der Waals surface area contributed by atoms with E-state index in [2.05, 4.69) is 287 Å². The van der Waals surface area contributed by atoms with Gasteiger partial charge in [0.05, 0.1) is 27.5 Å². The normalized spacial score (nSPS) is 12.7. The van der Waals surface area contributed by atoms with Crippen LogP contribution in [0.15, 0.2) is 273 Å². The Kier molecular flexibility index (Phi) is 9.11. The van der Waals surface area contributed by atoms with Crippen LogP contribution in [-0.2, 0) is 5.41 Å². The van der Waals surface area contributed by atoms with Crippen molar-refractivity contribution in [2.75, 3.05) is 4.90 Å². The van der Waals surface area contributed by atoms with Crippen LogP contribution in [-0.4, -0.2) is 9.13 Å². The third-order valence-electron chi connectivity index (χ3n) is 14.8. The lowest BCUT2D eigenvalue weighted by molar-refractivity contribution is 0.768. The molecule has 3 heteroatoms. The summed E-state index contributed by atoms with van der Waals surface area (Å²) in [6.07, 6.45) is 0. The van der Waals surface area contributed by atoms with Gasteiger partial charge in [0.15, 0.2) is 0 Å². The van der Waals surface area contributed by atoms with Gasteiger partial charge in [-0.05, 0) is 129 Å². The largest absolute Gasteiger partial charge is 0.310 e. The molecular formula is C67H45N3. The molecule has 0 spiro atoms. The van der Waals surface area contributed by atoms with E-state index in [1.54, 1.807) is 0 Å². The third kappa shape index (κ3) is 6.01. The van der Waals surface area contributed by atoms with Crippen LogP contribution < -0.4 is 4.90 Å². The predicted molar refractivity (Wildman–Crippen MR) is 293 cm³/mol. The number of benzene rings is 11. The van der Waals surface area contributed by atoms with E-state index in [1.165, 1.54) is 82.6 Å². The fourth-order valence-corrected chi connectivity index (χ4v) is 11.8. The van der Waals surface area contributed by atoms with Crippen LogP contribution in [0.4, 0.5) is 17.1 Å². The van der Waals surface area contributed by atoms with E-state index in [9.17, 15) is 0 Å². The van der Waals surface area contributed by atoms with Crippen LogP contribution >= 0.6 is 0 Å². The van der Waals surface area contributed by atoms with Crippen molar-refractivity contribution in [1.29, 1.82) is 0 Å². The molecule has 13 aromatic rings. The molecule has 14 rings (SSSR count). The first-order valence-corrected chi connectivity index (χ1v) is 24.2. The SMILES string of the molecule is c1ccc(C2(c3cccc(N(c4ccc(-c5cccc(-n6c7ccccc7c7ccccc76)c5)cc4)c4ccc(-n5c6ccccc6c6ccccc65)cc4)c3)c3ccccc3-c3ccccc32)cc1. The van der Waals surface area contributed by atoms with Gasteiger partial charge < -0.3 is 14.0 Å². The maximum Gasteiger partial charge on any atom is 0.0714 e. The molecule has 1 aliphatic carbocycles. The Morgan fingerprint density at radius 1 is 0.271 bits per heavy atom. The molecule has 2 aromatic heterocycles. The minimum Gasteiger partial charge on any atom is -0.310 e. The molecule has 11 aromatic carbocycles. The van der Waals surface area contributed by atoms with Gasteiger partial charge in [0.25, 0.3) is 0 Å². The predicted octanol–water partition coefficient (Wildman–Crippen LogP) is 17.4. The zero-order chi connectivity index (χ0) is 46.2. The molecule has 0 radical (unpaired) electrons. The smallest absolute Gasteiger partial charge is 0.0714 e. The highest BCUT2D eigenvalue weighted by atomic mass is 15.1. The Morgan fingerprint density at radius 2 is 0.714 bits per heavy atom. The quantitative estimate of drug-likeness (QED) is 0.148. The van der Waals surface area contributed by atoms with E-state index in [0.717, 1.165) is 34.0 Å². The molecule has 0 saturated carbocycles. The lowest BCUT2D eigenvalue weighted by atomic mass is 9.67. The second-order valence-electron chi connectivity index (χ2n) is 18.4. The Morgan fingerprint density at radius 3 is 1.27 bits per heavy atom. The van der Waals surface area contributed by atoms with Gasteiger partial charge >= 0.3 is 0 Å². The molecule has 0 saturated heterocycles. The van der Waals surface area contributed by atoms with Crippen molar-refractivity contribution < 1.29 is 0 Å². The van der Waals surface area contributed by atoms with Gasteiger partial charge in [-0.25, -0.2) is 0 Å². The first-order chi connectivity index (χ1) is 34.7. The number of hydrogen-bond donors (Lipinski definition) is 0. The van der Waals surface area contributed by atoms with E-state index in [1.807, 2.05) is 0 Å². The summed E-state index contributed by atoms with van der Waals surface area (Å²) in [6.45, 7) is 0. The summed E-state index contributed by atoms with van der Waals surface area (Å²) in [5.74, 6) is 0. The molecule has 328 valence electrons.